The first-order valence-electron chi connectivity index (χ1n) is 5.44. The maximum atomic E-state index is 4.50. The molecule has 0 spiro atoms. The van der Waals surface area contributed by atoms with E-state index in [2.05, 4.69) is 29.5 Å². The molecule has 0 saturated heterocycles. The molecule has 0 bridgehead atoms. The first kappa shape index (κ1) is 10.1. The van der Waals surface area contributed by atoms with Gasteiger partial charge in [-0.1, -0.05) is 20.3 Å². The number of rotatable bonds is 3. The smallest absolute Gasteiger partial charge is 0.113 e. The second kappa shape index (κ2) is 3.99. The summed E-state index contributed by atoms with van der Waals surface area (Å²) >= 11 is 1.79. The molecular formula is C11H18N2S. The van der Waals surface area contributed by atoms with Crippen LogP contribution >= 0.6 is 11.3 Å². The zero-order valence-corrected chi connectivity index (χ0v) is 9.73. The van der Waals surface area contributed by atoms with Gasteiger partial charge in [-0.15, -0.1) is 11.3 Å². The Kier molecular flexibility index (Phi) is 2.88. The van der Waals surface area contributed by atoms with Crippen LogP contribution in [-0.2, 0) is 5.54 Å². The highest BCUT2D eigenvalue weighted by Gasteiger charge is 2.42. The number of thiazole rings is 1. The maximum absolute atomic E-state index is 4.50. The van der Waals surface area contributed by atoms with E-state index >= 15 is 0 Å². The molecule has 0 amide bonds. The second-order valence-electron chi connectivity index (χ2n) is 4.13. The van der Waals surface area contributed by atoms with Crippen LogP contribution in [0.2, 0.25) is 0 Å². The van der Waals surface area contributed by atoms with Gasteiger partial charge in [0.1, 0.15) is 5.01 Å². The quantitative estimate of drug-likeness (QED) is 0.830. The molecule has 0 aromatic carbocycles. The van der Waals surface area contributed by atoms with Crippen molar-refractivity contribution in [1.29, 1.82) is 0 Å². The van der Waals surface area contributed by atoms with Crippen LogP contribution in [0.5, 0.6) is 0 Å². The molecule has 0 radical (unpaired) electrons. The van der Waals surface area contributed by atoms with E-state index in [9.17, 15) is 0 Å². The number of hydrogen-bond donors (Lipinski definition) is 1. The molecule has 3 heteroatoms. The second-order valence-corrected chi connectivity index (χ2v) is 5.03. The molecule has 1 saturated carbocycles. The van der Waals surface area contributed by atoms with E-state index < -0.39 is 0 Å². The van der Waals surface area contributed by atoms with E-state index in [0.717, 1.165) is 6.54 Å². The van der Waals surface area contributed by atoms with Gasteiger partial charge in [0.25, 0.3) is 0 Å². The lowest BCUT2D eigenvalue weighted by atomic mass is 9.89. The van der Waals surface area contributed by atoms with Crippen molar-refractivity contribution < 1.29 is 0 Å². The van der Waals surface area contributed by atoms with Crippen LogP contribution in [0.25, 0.3) is 0 Å². The van der Waals surface area contributed by atoms with Crippen LogP contribution in [0.1, 0.15) is 38.1 Å². The topological polar surface area (TPSA) is 24.9 Å². The fraction of sp³-hybridized carbons (Fsp3) is 0.727. The van der Waals surface area contributed by atoms with Gasteiger partial charge in [-0.25, -0.2) is 4.98 Å². The predicted molar refractivity (Wildman–Crippen MR) is 60.5 cm³/mol. The van der Waals surface area contributed by atoms with Crippen molar-refractivity contribution in [3.05, 3.63) is 16.6 Å². The SMILES string of the molecule is CCNC1(c2nccs2)CCCC1C. The monoisotopic (exact) mass is 210 g/mol. The highest BCUT2D eigenvalue weighted by atomic mass is 32.1. The third-order valence-electron chi connectivity index (χ3n) is 3.36. The normalized spacial score (nSPS) is 32.3. The lowest BCUT2D eigenvalue weighted by Crippen LogP contribution is -2.44. The Balaban J connectivity index is 2.31. The highest BCUT2D eigenvalue weighted by molar-refractivity contribution is 7.09. The first-order valence-corrected chi connectivity index (χ1v) is 6.32. The summed E-state index contributed by atoms with van der Waals surface area (Å²) in [4.78, 5) is 4.50. The van der Waals surface area contributed by atoms with Crippen LogP contribution in [0.4, 0.5) is 0 Å². The van der Waals surface area contributed by atoms with Crippen molar-refractivity contribution in [2.75, 3.05) is 6.54 Å². The van der Waals surface area contributed by atoms with Gasteiger partial charge in [0, 0.05) is 11.6 Å². The number of nitrogens with zero attached hydrogens (tertiary/aromatic N) is 1. The van der Waals surface area contributed by atoms with Gasteiger partial charge in [0.2, 0.25) is 0 Å². The Bertz CT molecular complexity index is 283. The van der Waals surface area contributed by atoms with Crippen molar-refractivity contribution >= 4 is 11.3 Å². The minimum atomic E-state index is 0.183. The zero-order chi connectivity index (χ0) is 10.0. The van der Waals surface area contributed by atoms with Crippen molar-refractivity contribution in [1.82, 2.24) is 10.3 Å². The Morgan fingerprint density at radius 1 is 1.71 bits per heavy atom. The van der Waals surface area contributed by atoms with Gasteiger partial charge in [-0.2, -0.15) is 0 Å². The van der Waals surface area contributed by atoms with E-state index in [-0.39, 0.29) is 5.54 Å². The Hall–Kier alpha value is -0.410. The van der Waals surface area contributed by atoms with Crippen molar-refractivity contribution in [2.45, 2.75) is 38.6 Å². The van der Waals surface area contributed by atoms with Gasteiger partial charge in [0.15, 0.2) is 0 Å². The standard InChI is InChI=1S/C11H18N2S/c1-3-13-11(6-4-5-9(11)2)10-12-7-8-14-10/h7-9,13H,3-6H2,1-2H3. The molecule has 2 unspecified atom stereocenters. The average Bonchev–Trinajstić information content (AvgIpc) is 2.77. The van der Waals surface area contributed by atoms with Crippen molar-refractivity contribution in [3.8, 4) is 0 Å². The van der Waals surface area contributed by atoms with E-state index in [1.807, 2.05) is 6.20 Å². The molecule has 1 aromatic rings. The van der Waals surface area contributed by atoms with E-state index in [4.69, 9.17) is 0 Å². The van der Waals surface area contributed by atoms with Gasteiger partial charge < -0.3 is 5.32 Å². The Morgan fingerprint density at radius 3 is 3.07 bits per heavy atom. The zero-order valence-electron chi connectivity index (χ0n) is 8.92. The summed E-state index contributed by atoms with van der Waals surface area (Å²) < 4.78 is 0. The number of aromatic nitrogens is 1. The summed E-state index contributed by atoms with van der Waals surface area (Å²) in [5, 5.41) is 7.02. The van der Waals surface area contributed by atoms with Crippen molar-refractivity contribution in [3.63, 3.8) is 0 Å². The van der Waals surface area contributed by atoms with E-state index in [1.54, 1.807) is 11.3 Å². The molecule has 78 valence electrons. The summed E-state index contributed by atoms with van der Waals surface area (Å²) in [6.07, 6.45) is 5.82. The number of hydrogen-bond acceptors (Lipinski definition) is 3. The molecular weight excluding hydrogens is 192 g/mol. The van der Waals surface area contributed by atoms with Crippen LogP contribution in [-0.4, -0.2) is 11.5 Å². The lowest BCUT2D eigenvalue weighted by molar-refractivity contribution is 0.267. The molecule has 2 rings (SSSR count). The Labute approximate surface area is 89.8 Å². The van der Waals surface area contributed by atoms with Crippen molar-refractivity contribution in [2.24, 2.45) is 5.92 Å². The number of nitrogens with one attached hydrogen (secondary N) is 1. The third-order valence-corrected chi connectivity index (χ3v) is 4.31. The van der Waals surface area contributed by atoms with Crippen LogP contribution in [0.3, 0.4) is 0 Å². The molecule has 2 nitrogen and oxygen atoms in total. The Morgan fingerprint density at radius 2 is 2.57 bits per heavy atom. The first-order chi connectivity index (χ1) is 6.79. The summed E-state index contributed by atoms with van der Waals surface area (Å²) in [5.74, 6) is 0.716. The minimum Gasteiger partial charge on any atom is -0.305 e. The maximum Gasteiger partial charge on any atom is 0.113 e. The van der Waals surface area contributed by atoms with E-state index in [0.29, 0.717) is 5.92 Å². The lowest BCUT2D eigenvalue weighted by Gasteiger charge is -2.32. The summed E-state index contributed by atoms with van der Waals surface area (Å²) in [6, 6.07) is 0. The minimum absolute atomic E-state index is 0.183. The molecule has 2 atom stereocenters. The van der Waals surface area contributed by atoms with E-state index in [1.165, 1.54) is 24.3 Å². The van der Waals surface area contributed by atoms with Gasteiger partial charge in [-0.3, -0.25) is 0 Å². The molecule has 1 aliphatic rings. The molecule has 14 heavy (non-hydrogen) atoms. The van der Waals surface area contributed by atoms with Gasteiger partial charge in [-0.05, 0) is 25.3 Å². The van der Waals surface area contributed by atoms with Crippen LogP contribution in [0.15, 0.2) is 11.6 Å². The van der Waals surface area contributed by atoms with Gasteiger partial charge >= 0.3 is 0 Å². The molecule has 0 aliphatic heterocycles. The molecule has 1 N–H and O–H groups in total. The molecule has 1 aromatic heterocycles. The van der Waals surface area contributed by atoms with Gasteiger partial charge in [0.05, 0.1) is 5.54 Å². The fourth-order valence-electron chi connectivity index (χ4n) is 2.60. The largest absolute Gasteiger partial charge is 0.305 e. The summed E-state index contributed by atoms with van der Waals surface area (Å²) in [7, 11) is 0. The summed E-state index contributed by atoms with van der Waals surface area (Å²) in [5.41, 5.74) is 0.183. The predicted octanol–water partition coefficient (Wildman–Crippen LogP) is 2.77. The average molecular weight is 210 g/mol. The van der Waals surface area contributed by atoms with Crippen LogP contribution < -0.4 is 5.32 Å². The highest BCUT2D eigenvalue weighted by Crippen LogP contribution is 2.43. The molecule has 1 heterocycles. The molecule has 1 aliphatic carbocycles. The summed E-state index contributed by atoms with van der Waals surface area (Å²) in [6.45, 7) is 5.56. The van der Waals surface area contributed by atoms with Crippen LogP contribution in [0, 0.1) is 5.92 Å². The molecule has 1 fully saturated rings. The third kappa shape index (κ3) is 1.48. The fourth-order valence-corrected chi connectivity index (χ4v) is 3.55.